The molecule has 3 fully saturated rings. The second kappa shape index (κ2) is 5.47. The van der Waals surface area contributed by atoms with Crippen molar-refractivity contribution >= 4 is 5.96 Å². The number of guanidine groups is 1. The predicted molar refractivity (Wildman–Crippen MR) is 74.8 cm³/mol. The van der Waals surface area contributed by atoms with Gasteiger partial charge in [-0.25, -0.2) is 0 Å². The lowest BCUT2D eigenvalue weighted by molar-refractivity contribution is 0.278. The maximum Gasteiger partial charge on any atom is 0.194 e. The first-order chi connectivity index (χ1) is 8.84. The lowest BCUT2D eigenvalue weighted by atomic mass is 9.91. The third-order valence-corrected chi connectivity index (χ3v) is 4.83. The van der Waals surface area contributed by atoms with Gasteiger partial charge in [-0.2, -0.15) is 0 Å². The number of rotatable bonds is 2. The monoisotopic (exact) mass is 250 g/mol. The van der Waals surface area contributed by atoms with Crippen molar-refractivity contribution in [1.82, 2.24) is 15.5 Å². The average molecular weight is 250 g/mol. The van der Waals surface area contributed by atoms with Gasteiger partial charge in [0.05, 0.1) is 6.04 Å². The second-order valence-electron chi connectivity index (χ2n) is 6.07. The highest BCUT2D eigenvalue weighted by Crippen LogP contribution is 2.26. The first-order valence-corrected chi connectivity index (χ1v) is 7.59. The lowest BCUT2D eigenvalue weighted by Gasteiger charge is -2.28. The van der Waals surface area contributed by atoms with Gasteiger partial charge in [0.15, 0.2) is 5.96 Å². The third kappa shape index (κ3) is 2.48. The van der Waals surface area contributed by atoms with Crippen molar-refractivity contribution in [1.29, 1.82) is 0 Å². The van der Waals surface area contributed by atoms with E-state index in [-0.39, 0.29) is 0 Å². The Morgan fingerprint density at radius 2 is 1.94 bits per heavy atom. The van der Waals surface area contributed by atoms with E-state index < -0.39 is 0 Å². The topological polar surface area (TPSA) is 39.7 Å². The van der Waals surface area contributed by atoms with E-state index >= 15 is 0 Å². The maximum atomic E-state index is 4.86. The zero-order valence-electron chi connectivity index (χ0n) is 11.5. The summed E-state index contributed by atoms with van der Waals surface area (Å²) >= 11 is 0. The highest BCUT2D eigenvalue weighted by molar-refractivity contribution is 5.82. The van der Waals surface area contributed by atoms with Gasteiger partial charge in [0.2, 0.25) is 0 Å². The van der Waals surface area contributed by atoms with Crippen LogP contribution in [0.3, 0.4) is 0 Å². The average Bonchev–Trinajstić information content (AvgIpc) is 2.75. The van der Waals surface area contributed by atoms with Gasteiger partial charge >= 0.3 is 0 Å². The Hall–Kier alpha value is -0.770. The number of fused-ring (bicyclic) bond motifs is 1. The van der Waals surface area contributed by atoms with Gasteiger partial charge < -0.3 is 15.5 Å². The van der Waals surface area contributed by atoms with Crippen LogP contribution in [-0.4, -0.2) is 49.6 Å². The highest BCUT2D eigenvalue weighted by Gasteiger charge is 2.36. The molecule has 0 bridgehead atoms. The second-order valence-corrected chi connectivity index (χ2v) is 6.07. The van der Waals surface area contributed by atoms with E-state index in [9.17, 15) is 0 Å². The van der Waals surface area contributed by atoms with Crippen LogP contribution in [0.4, 0.5) is 0 Å². The molecule has 2 aliphatic heterocycles. The first-order valence-electron chi connectivity index (χ1n) is 7.59. The quantitative estimate of drug-likeness (QED) is 0.773. The molecule has 0 amide bonds. The Morgan fingerprint density at radius 3 is 2.72 bits per heavy atom. The number of hydrogen-bond acceptors (Lipinski definition) is 2. The van der Waals surface area contributed by atoms with Crippen LogP contribution in [0.2, 0.25) is 0 Å². The Morgan fingerprint density at radius 1 is 1.17 bits per heavy atom. The molecule has 102 valence electrons. The molecule has 0 aromatic heterocycles. The summed E-state index contributed by atoms with van der Waals surface area (Å²) in [6.07, 6.45) is 7.99. The summed E-state index contributed by atoms with van der Waals surface area (Å²) in [6, 6.07) is 1.36. The minimum atomic E-state index is 0.663. The lowest BCUT2D eigenvalue weighted by Crippen LogP contribution is -2.37. The van der Waals surface area contributed by atoms with Crippen molar-refractivity contribution in [2.45, 2.75) is 50.6 Å². The summed E-state index contributed by atoms with van der Waals surface area (Å²) < 4.78 is 0. The number of hydrogen-bond donors (Lipinski definition) is 2. The summed E-state index contributed by atoms with van der Waals surface area (Å²) in [5.74, 6) is 1.95. The van der Waals surface area contributed by atoms with E-state index in [1.165, 1.54) is 51.6 Å². The number of piperidine rings is 1. The molecule has 3 aliphatic rings. The normalized spacial score (nSPS) is 35.6. The van der Waals surface area contributed by atoms with Crippen molar-refractivity contribution in [3.8, 4) is 0 Å². The van der Waals surface area contributed by atoms with Crippen LogP contribution < -0.4 is 10.6 Å². The fourth-order valence-electron chi connectivity index (χ4n) is 3.60. The standard InChI is InChI=1S/C14H26N4/c1-18-13-5-3-2-4-12(13)17-14(18)16-10-11-6-8-15-9-7-11/h11-13,15H,2-10H2,1H3,(H,16,17). The molecule has 4 heteroatoms. The molecule has 1 aliphatic carbocycles. The Labute approximate surface area is 110 Å². The van der Waals surface area contributed by atoms with E-state index in [0.29, 0.717) is 12.1 Å². The molecule has 0 radical (unpaired) electrons. The van der Waals surface area contributed by atoms with Gasteiger partial charge in [-0.1, -0.05) is 12.8 Å². The van der Waals surface area contributed by atoms with Crippen molar-refractivity contribution in [2.75, 3.05) is 26.7 Å². The van der Waals surface area contributed by atoms with Gasteiger partial charge in [-0.3, -0.25) is 4.99 Å². The Bertz CT molecular complexity index is 309. The molecule has 1 saturated carbocycles. The van der Waals surface area contributed by atoms with Gasteiger partial charge in [0.1, 0.15) is 0 Å². The molecule has 2 saturated heterocycles. The number of likely N-dealkylation sites (N-methyl/N-ethyl adjacent to an activating group) is 1. The number of aliphatic imine (C=N–C) groups is 1. The van der Waals surface area contributed by atoms with Crippen molar-refractivity contribution < 1.29 is 0 Å². The molecular formula is C14H26N4. The van der Waals surface area contributed by atoms with Gasteiger partial charge in [-0.15, -0.1) is 0 Å². The predicted octanol–water partition coefficient (Wildman–Crippen LogP) is 1.19. The molecule has 2 unspecified atom stereocenters. The summed E-state index contributed by atoms with van der Waals surface area (Å²) in [5.41, 5.74) is 0. The first kappa shape index (κ1) is 12.3. The minimum absolute atomic E-state index is 0.663. The Kier molecular flexibility index (Phi) is 3.73. The van der Waals surface area contributed by atoms with Crippen LogP contribution >= 0.6 is 0 Å². The maximum absolute atomic E-state index is 4.86. The van der Waals surface area contributed by atoms with Crippen LogP contribution in [0, 0.1) is 5.92 Å². The summed E-state index contributed by atoms with van der Waals surface area (Å²) in [7, 11) is 2.21. The van der Waals surface area contributed by atoms with Crippen LogP contribution in [-0.2, 0) is 0 Å². The fraction of sp³-hybridized carbons (Fsp3) is 0.929. The highest BCUT2D eigenvalue weighted by atomic mass is 15.4. The number of nitrogens with one attached hydrogen (secondary N) is 2. The Balaban J connectivity index is 1.58. The molecule has 0 spiro atoms. The van der Waals surface area contributed by atoms with E-state index in [0.717, 1.165) is 18.4 Å². The van der Waals surface area contributed by atoms with Crippen LogP contribution in [0.15, 0.2) is 4.99 Å². The zero-order valence-corrected chi connectivity index (χ0v) is 11.5. The summed E-state index contributed by atoms with van der Waals surface area (Å²) in [5, 5.41) is 7.06. The molecule has 0 aromatic carbocycles. The molecule has 2 atom stereocenters. The molecule has 2 heterocycles. The van der Waals surface area contributed by atoms with Crippen LogP contribution in [0.1, 0.15) is 38.5 Å². The zero-order chi connectivity index (χ0) is 12.4. The van der Waals surface area contributed by atoms with Crippen LogP contribution in [0.5, 0.6) is 0 Å². The van der Waals surface area contributed by atoms with E-state index in [2.05, 4.69) is 22.6 Å². The molecule has 2 N–H and O–H groups in total. The van der Waals surface area contributed by atoms with Gasteiger partial charge in [0, 0.05) is 19.6 Å². The molecule has 3 rings (SSSR count). The molecule has 18 heavy (non-hydrogen) atoms. The smallest absolute Gasteiger partial charge is 0.194 e. The van der Waals surface area contributed by atoms with Gasteiger partial charge in [0.25, 0.3) is 0 Å². The SMILES string of the molecule is CN1C(=NCC2CCNCC2)NC2CCCCC21. The van der Waals surface area contributed by atoms with E-state index in [1.54, 1.807) is 0 Å². The van der Waals surface area contributed by atoms with E-state index in [1.807, 2.05) is 0 Å². The fourth-order valence-corrected chi connectivity index (χ4v) is 3.60. The van der Waals surface area contributed by atoms with Crippen LogP contribution in [0.25, 0.3) is 0 Å². The summed E-state index contributed by atoms with van der Waals surface area (Å²) in [6.45, 7) is 3.35. The van der Waals surface area contributed by atoms with Crippen molar-refractivity contribution in [3.05, 3.63) is 0 Å². The minimum Gasteiger partial charge on any atom is -0.351 e. The molecule has 0 aromatic rings. The largest absolute Gasteiger partial charge is 0.351 e. The van der Waals surface area contributed by atoms with Crippen molar-refractivity contribution in [2.24, 2.45) is 10.9 Å². The molecular weight excluding hydrogens is 224 g/mol. The molecule has 4 nitrogen and oxygen atoms in total. The third-order valence-electron chi connectivity index (χ3n) is 4.83. The van der Waals surface area contributed by atoms with Gasteiger partial charge in [-0.05, 0) is 44.7 Å². The number of nitrogens with zero attached hydrogens (tertiary/aromatic N) is 2. The summed E-state index contributed by atoms with van der Waals surface area (Å²) in [4.78, 5) is 7.25. The van der Waals surface area contributed by atoms with E-state index in [4.69, 9.17) is 4.99 Å². The van der Waals surface area contributed by atoms with Crippen molar-refractivity contribution in [3.63, 3.8) is 0 Å².